The third-order valence-corrected chi connectivity index (χ3v) is 4.80. The van der Waals surface area contributed by atoms with E-state index in [1.807, 2.05) is 13.0 Å². The zero-order valence-corrected chi connectivity index (χ0v) is 14.3. The molecule has 1 aliphatic heterocycles. The molecule has 1 aliphatic rings. The molecule has 0 saturated carbocycles. The van der Waals surface area contributed by atoms with Crippen molar-refractivity contribution in [3.63, 3.8) is 0 Å². The highest BCUT2D eigenvalue weighted by atomic mass is 32.2. The first kappa shape index (κ1) is 17.7. The van der Waals surface area contributed by atoms with Gasteiger partial charge in [0.05, 0.1) is 31.2 Å². The molecular weight excluding hydrogens is 320 g/mol. The van der Waals surface area contributed by atoms with Gasteiger partial charge >= 0.3 is 0 Å². The van der Waals surface area contributed by atoms with Crippen LogP contribution in [0.2, 0.25) is 0 Å². The SMILES string of the molecule is CO[C@H]1COC[C@@H]1NC(=O)CN(c1cccc(C)c1)S(C)(=O)=O. The number of methoxy groups -OCH3 is 1. The lowest BCUT2D eigenvalue weighted by Gasteiger charge is -2.24. The zero-order valence-electron chi connectivity index (χ0n) is 13.5. The first-order valence-corrected chi connectivity index (χ1v) is 9.10. The van der Waals surface area contributed by atoms with Gasteiger partial charge in [-0.15, -0.1) is 0 Å². The highest BCUT2D eigenvalue weighted by molar-refractivity contribution is 7.92. The van der Waals surface area contributed by atoms with Gasteiger partial charge < -0.3 is 14.8 Å². The molecule has 0 bridgehead atoms. The highest BCUT2D eigenvalue weighted by Crippen LogP contribution is 2.18. The average Bonchev–Trinajstić information content (AvgIpc) is 2.90. The number of ether oxygens (including phenoxy) is 2. The Morgan fingerprint density at radius 1 is 1.43 bits per heavy atom. The van der Waals surface area contributed by atoms with Crippen LogP contribution in [-0.4, -0.2) is 59.6 Å². The van der Waals surface area contributed by atoms with E-state index in [9.17, 15) is 13.2 Å². The lowest BCUT2D eigenvalue weighted by atomic mass is 10.2. The molecule has 23 heavy (non-hydrogen) atoms. The zero-order chi connectivity index (χ0) is 17.0. The summed E-state index contributed by atoms with van der Waals surface area (Å²) in [6.45, 7) is 2.35. The van der Waals surface area contributed by atoms with Gasteiger partial charge in [-0.2, -0.15) is 0 Å². The molecule has 1 amide bonds. The van der Waals surface area contributed by atoms with Crippen molar-refractivity contribution in [2.45, 2.75) is 19.1 Å². The third kappa shape index (κ3) is 4.66. The molecule has 0 radical (unpaired) electrons. The summed E-state index contributed by atoms with van der Waals surface area (Å²) in [6, 6.07) is 6.74. The summed E-state index contributed by atoms with van der Waals surface area (Å²) in [5.41, 5.74) is 1.38. The normalized spacial score (nSPS) is 21.2. The fraction of sp³-hybridized carbons (Fsp3) is 0.533. The van der Waals surface area contributed by atoms with Crippen LogP contribution in [0, 0.1) is 6.92 Å². The van der Waals surface area contributed by atoms with Gasteiger partial charge in [-0.25, -0.2) is 8.42 Å². The molecule has 0 aromatic heterocycles. The van der Waals surface area contributed by atoms with Crippen LogP contribution in [0.1, 0.15) is 5.56 Å². The number of anilines is 1. The first-order chi connectivity index (χ1) is 10.8. The van der Waals surface area contributed by atoms with E-state index in [0.717, 1.165) is 16.1 Å². The number of carbonyl (C=O) groups is 1. The molecule has 0 unspecified atom stereocenters. The van der Waals surface area contributed by atoms with Gasteiger partial charge in [0.2, 0.25) is 15.9 Å². The number of nitrogens with zero attached hydrogens (tertiary/aromatic N) is 1. The quantitative estimate of drug-likeness (QED) is 0.803. The molecule has 128 valence electrons. The number of carbonyl (C=O) groups excluding carboxylic acids is 1. The molecule has 1 fully saturated rings. The molecular formula is C15H22N2O5S. The molecule has 7 nitrogen and oxygen atoms in total. The van der Waals surface area contributed by atoms with Crippen molar-refractivity contribution in [3.05, 3.63) is 29.8 Å². The van der Waals surface area contributed by atoms with Crippen molar-refractivity contribution < 1.29 is 22.7 Å². The molecule has 2 rings (SSSR count). The number of hydrogen-bond donors (Lipinski definition) is 1. The minimum Gasteiger partial charge on any atom is -0.377 e. The van der Waals surface area contributed by atoms with Gasteiger partial charge in [-0.05, 0) is 24.6 Å². The Morgan fingerprint density at radius 3 is 2.78 bits per heavy atom. The van der Waals surface area contributed by atoms with E-state index in [0.29, 0.717) is 18.9 Å². The second-order valence-corrected chi connectivity index (χ2v) is 7.50. The molecule has 0 spiro atoms. The number of sulfonamides is 1. The molecule has 1 aromatic carbocycles. The summed E-state index contributed by atoms with van der Waals surface area (Å²) in [6.07, 6.45) is 0.865. The number of hydrogen-bond acceptors (Lipinski definition) is 5. The van der Waals surface area contributed by atoms with Gasteiger partial charge in [0.1, 0.15) is 12.6 Å². The summed E-state index contributed by atoms with van der Waals surface area (Å²) >= 11 is 0. The van der Waals surface area contributed by atoms with E-state index in [1.54, 1.807) is 25.3 Å². The molecule has 0 aliphatic carbocycles. The van der Waals surface area contributed by atoms with E-state index in [1.165, 1.54) is 0 Å². The van der Waals surface area contributed by atoms with Crippen molar-refractivity contribution >= 4 is 21.6 Å². The number of rotatable bonds is 6. The largest absolute Gasteiger partial charge is 0.377 e. The minimum atomic E-state index is -3.57. The van der Waals surface area contributed by atoms with Crippen molar-refractivity contribution in [3.8, 4) is 0 Å². The maximum Gasteiger partial charge on any atom is 0.241 e. The fourth-order valence-corrected chi connectivity index (χ4v) is 3.32. The van der Waals surface area contributed by atoms with Crippen molar-refractivity contribution in [1.29, 1.82) is 0 Å². The maximum absolute atomic E-state index is 12.2. The highest BCUT2D eigenvalue weighted by Gasteiger charge is 2.30. The summed E-state index contributed by atoms with van der Waals surface area (Å²) in [5, 5.41) is 2.77. The topological polar surface area (TPSA) is 84.9 Å². The van der Waals surface area contributed by atoms with E-state index in [-0.39, 0.29) is 18.7 Å². The molecule has 1 N–H and O–H groups in total. The molecule has 1 saturated heterocycles. The van der Waals surface area contributed by atoms with Gasteiger partial charge in [-0.3, -0.25) is 9.10 Å². The van der Waals surface area contributed by atoms with Gasteiger partial charge in [0.25, 0.3) is 0 Å². The predicted molar refractivity (Wildman–Crippen MR) is 86.9 cm³/mol. The second-order valence-electron chi connectivity index (χ2n) is 5.59. The van der Waals surface area contributed by atoms with Crippen LogP contribution in [0.4, 0.5) is 5.69 Å². The average molecular weight is 342 g/mol. The Kier molecular flexibility index (Phi) is 5.61. The van der Waals surface area contributed by atoms with Crippen LogP contribution in [0.25, 0.3) is 0 Å². The molecule has 8 heteroatoms. The summed E-state index contributed by atoms with van der Waals surface area (Å²) in [4.78, 5) is 12.2. The lowest BCUT2D eigenvalue weighted by Crippen LogP contribution is -2.48. The smallest absolute Gasteiger partial charge is 0.241 e. The number of aryl methyl sites for hydroxylation is 1. The standard InChI is InChI=1S/C15H22N2O5S/c1-11-5-4-6-12(7-11)17(23(3,19)20)8-15(18)16-13-9-22-10-14(13)21-2/h4-7,13-14H,8-10H2,1-3H3,(H,16,18)/t13-,14-/m0/s1. The minimum absolute atomic E-state index is 0.218. The van der Waals surface area contributed by atoms with Gasteiger partial charge in [-0.1, -0.05) is 12.1 Å². The van der Waals surface area contributed by atoms with Crippen molar-refractivity contribution in [1.82, 2.24) is 5.32 Å². The van der Waals surface area contributed by atoms with Crippen LogP contribution in [0.15, 0.2) is 24.3 Å². The Hall–Kier alpha value is -1.64. The van der Waals surface area contributed by atoms with Crippen molar-refractivity contribution in [2.75, 3.05) is 37.4 Å². The van der Waals surface area contributed by atoms with Gasteiger partial charge in [0.15, 0.2) is 0 Å². The van der Waals surface area contributed by atoms with Crippen LogP contribution >= 0.6 is 0 Å². The Morgan fingerprint density at radius 2 is 2.17 bits per heavy atom. The summed E-state index contributed by atoms with van der Waals surface area (Å²) < 4.78 is 35.6. The second kappa shape index (κ2) is 7.29. The van der Waals surface area contributed by atoms with Crippen LogP contribution in [0.3, 0.4) is 0 Å². The summed E-state index contributed by atoms with van der Waals surface area (Å²) in [7, 11) is -2.02. The maximum atomic E-state index is 12.2. The van der Waals surface area contributed by atoms with Crippen LogP contribution < -0.4 is 9.62 Å². The Bertz CT molecular complexity index is 662. The van der Waals surface area contributed by atoms with Gasteiger partial charge in [0, 0.05) is 7.11 Å². The Balaban J connectivity index is 2.11. The number of benzene rings is 1. The van der Waals surface area contributed by atoms with Crippen molar-refractivity contribution in [2.24, 2.45) is 0 Å². The monoisotopic (exact) mass is 342 g/mol. The number of amides is 1. The first-order valence-electron chi connectivity index (χ1n) is 7.25. The third-order valence-electron chi connectivity index (χ3n) is 3.65. The predicted octanol–water partition coefficient (Wildman–Crippen LogP) is 0.291. The summed E-state index contributed by atoms with van der Waals surface area (Å²) in [5.74, 6) is -0.394. The molecule has 1 heterocycles. The van der Waals surface area contributed by atoms with Crippen LogP contribution in [0.5, 0.6) is 0 Å². The molecule has 1 aromatic rings. The van der Waals surface area contributed by atoms with E-state index < -0.39 is 15.9 Å². The van der Waals surface area contributed by atoms with E-state index >= 15 is 0 Å². The lowest BCUT2D eigenvalue weighted by molar-refractivity contribution is -0.121. The molecule has 2 atom stereocenters. The van der Waals surface area contributed by atoms with E-state index in [2.05, 4.69) is 5.32 Å². The Labute approximate surface area is 136 Å². The van der Waals surface area contributed by atoms with E-state index in [4.69, 9.17) is 9.47 Å². The fourth-order valence-electron chi connectivity index (χ4n) is 2.47. The number of nitrogens with one attached hydrogen (secondary N) is 1. The van der Waals surface area contributed by atoms with Crippen LogP contribution in [-0.2, 0) is 24.3 Å².